The zero-order valence-corrected chi connectivity index (χ0v) is 24.8. The molecule has 6 heteroatoms. The number of hydrogen-bond acceptors (Lipinski definition) is 6. The monoisotopic (exact) mass is 528 g/mol. The highest BCUT2D eigenvalue weighted by atomic mass is 16.6. The summed E-state index contributed by atoms with van der Waals surface area (Å²) < 4.78 is 12.6. The van der Waals surface area contributed by atoms with Gasteiger partial charge in [-0.1, -0.05) is 54.4 Å². The number of fused-ring (bicyclic) bond motifs is 6. The first kappa shape index (κ1) is 27.9. The van der Waals surface area contributed by atoms with Crippen LogP contribution in [0.4, 0.5) is 0 Å². The molecule has 0 aromatic carbocycles. The van der Waals surface area contributed by atoms with Crippen molar-refractivity contribution in [3.63, 3.8) is 0 Å². The zero-order chi connectivity index (χ0) is 28.2. The molecule has 6 unspecified atom stereocenters. The van der Waals surface area contributed by atoms with E-state index in [1.165, 1.54) is 12.2 Å². The number of carbonyl (C=O) groups excluding carboxylic acids is 2. The predicted octanol–water partition coefficient (Wildman–Crippen LogP) is 5.94. The van der Waals surface area contributed by atoms with Crippen molar-refractivity contribution >= 4 is 11.9 Å². The maximum atomic E-state index is 13.8. The van der Waals surface area contributed by atoms with E-state index in [1.54, 1.807) is 0 Å². The fourth-order valence-corrected chi connectivity index (χ4v) is 9.88. The predicted molar refractivity (Wildman–Crippen MR) is 145 cm³/mol. The van der Waals surface area contributed by atoms with Gasteiger partial charge in [-0.3, -0.25) is 0 Å². The van der Waals surface area contributed by atoms with Gasteiger partial charge in [0.25, 0.3) is 0 Å². The summed E-state index contributed by atoms with van der Waals surface area (Å²) in [7, 11) is 0. The van der Waals surface area contributed by atoms with E-state index in [0.717, 1.165) is 25.7 Å². The van der Waals surface area contributed by atoms with Crippen molar-refractivity contribution in [2.45, 2.75) is 142 Å². The van der Waals surface area contributed by atoms with Crippen molar-refractivity contribution in [3.8, 4) is 0 Å². The Bertz CT molecular complexity index is 1040. The molecule has 0 saturated heterocycles. The topological polar surface area (TPSA) is 93.1 Å². The lowest BCUT2D eigenvalue weighted by Gasteiger charge is -2.64. The molecule has 2 N–H and O–H groups in total. The summed E-state index contributed by atoms with van der Waals surface area (Å²) in [5.74, 6) is -0.953. The van der Waals surface area contributed by atoms with Gasteiger partial charge in [-0.15, -0.1) is 0 Å². The Hall–Kier alpha value is -1.66. The van der Waals surface area contributed by atoms with Gasteiger partial charge in [-0.25, -0.2) is 9.59 Å². The lowest BCUT2D eigenvalue weighted by molar-refractivity contribution is -0.216. The summed E-state index contributed by atoms with van der Waals surface area (Å²) in [6, 6.07) is 0. The van der Waals surface area contributed by atoms with Crippen LogP contribution in [0.15, 0.2) is 23.3 Å². The van der Waals surface area contributed by atoms with Crippen molar-refractivity contribution in [2.24, 2.45) is 21.7 Å². The highest BCUT2D eigenvalue weighted by Crippen LogP contribution is 2.67. The number of esters is 2. The number of carbonyl (C=O) groups is 2. The molecular weight excluding hydrogens is 480 g/mol. The van der Waals surface area contributed by atoms with E-state index >= 15 is 0 Å². The average Bonchev–Trinajstić information content (AvgIpc) is 2.78. The van der Waals surface area contributed by atoms with Crippen LogP contribution in [0, 0.1) is 21.7 Å². The molecule has 0 aromatic rings. The number of hydrogen-bond donors (Lipinski definition) is 2. The van der Waals surface area contributed by atoms with Crippen LogP contribution in [0.2, 0.25) is 0 Å². The third-order valence-electron chi connectivity index (χ3n) is 12.5. The van der Waals surface area contributed by atoms with Crippen molar-refractivity contribution in [1.29, 1.82) is 0 Å². The maximum absolute atomic E-state index is 13.8. The second-order valence-corrected chi connectivity index (χ2v) is 15.3. The van der Waals surface area contributed by atoms with Gasteiger partial charge >= 0.3 is 11.9 Å². The Morgan fingerprint density at radius 3 is 1.24 bits per heavy atom. The summed E-state index contributed by atoms with van der Waals surface area (Å²) in [5, 5.41) is 24.4. The van der Waals surface area contributed by atoms with Gasteiger partial charge in [0.1, 0.15) is 11.2 Å². The minimum absolute atomic E-state index is 0.347. The maximum Gasteiger partial charge on any atom is 0.331 e. The lowest BCUT2D eigenvalue weighted by atomic mass is 9.44. The Balaban J connectivity index is 1.64. The van der Waals surface area contributed by atoms with E-state index < -0.39 is 45.2 Å². The minimum Gasteiger partial charge on any atom is -0.452 e. The largest absolute Gasteiger partial charge is 0.452 e. The molecule has 1 aliphatic heterocycles. The van der Waals surface area contributed by atoms with Gasteiger partial charge in [-0.2, -0.15) is 0 Å². The van der Waals surface area contributed by atoms with Crippen LogP contribution in [0.5, 0.6) is 0 Å². The zero-order valence-electron chi connectivity index (χ0n) is 24.8. The van der Waals surface area contributed by atoms with E-state index in [4.69, 9.17) is 9.47 Å². The number of ether oxygens (including phenoxy) is 2. The average molecular weight is 529 g/mol. The third-order valence-corrected chi connectivity index (χ3v) is 12.5. The van der Waals surface area contributed by atoms with E-state index in [2.05, 4.69) is 27.7 Å². The summed E-state index contributed by atoms with van der Waals surface area (Å²) >= 11 is 0. The summed E-state index contributed by atoms with van der Waals surface area (Å²) in [6.07, 6.45) is 9.89. The summed E-state index contributed by atoms with van der Waals surface area (Å²) in [5.41, 5.74) is -5.02. The van der Waals surface area contributed by atoms with Crippen LogP contribution in [0.3, 0.4) is 0 Å². The first-order valence-corrected chi connectivity index (χ1v) is 14.7. The van der Waals surface area contributed by atoms with Gasteiger partial charge in [0.05, 0.1) is 11.2 Å². The number of rotatable bonds is 0. The molecule has 4 saturated carbocycles. The van der Waals surface area contributed by atoms with Crippen LogP contribution in [0.25, 0.3) is 0 Å². The molecule has 0 radical (unpaired) electrons. The first-order valence-electron chi connectivity index (χ1n) is 14.7. The van der Waals surface area contributed by atoms with Gasteiger partial charge in [0.15, 0.2) is 0 Å². The lowest BCUT2D eigenvalue weighted by Crippen LogP contribution is -2.67. The third kappa shape index (κ3) is 3.38. The second-order valence-electron chi connectivity index (χ2n) is 15.3. The van der Waals surface area contributed by atoms with Gasteiger partial charge in [0.2, 0.25) is 0 Å². The van der Waals surface area contributed by atoms with Gasteiger partial charge in [0, 0.05) is 23.0 Å². The Labute approximate surface area is 228 Å². The van der Waals surface area contributed by atoms with E-state index in [0.29, 0.717) is 49.7 Å². The fourth-order valence-electron chi connectivity index (χ4n) is 9.88. The van der Waals surface area contributed by atoms with Crippen molar-refractivity contribution < 1.29 is 29.3 Å². The summed E-state index contributed by atoms with van der Waals surface area (Å²) in [6.45, 7) is 16.2. The standard InChI is InChI=1S/C32H48O6/c1-25(2)11-9-13-27(5)21-19-23(33)38-30(8)16-18-32(36)26(3,4)12-10-14-28(32,6)22(30)20-24(34)37-29(21,7)15-17-31(25,27)35/h19-20,35-36H,9-18H2,1-8H3. The Morgan fingerprint density at radius 1 is 0.553 bits per heavy atom. The van der Waals surface area contributed by atoms with Crippen LogP contribution < -0.4 is 0 Å². The SMILES string of the molecule is CC12CCC3(O)C(C)(C)CCCC3(C)C1=CC(=O)OC1(C)CCC3(O)C(C)(C)CCCC3(C)C1=CC(=O)O2. The van der Waals surface area contributed by atoms with Crippen molar-refractivity contribution in [3.05, 3.63) is 23.3 Å². The molecule has 4 fully saturated rings. The molecule has 1 heterocycles. The van der Waals surface area contributed by atoms with Gasteiger partial charge in [-0.05, 0) is 87.2 Å². The van der Waals surface area contributed by atoms with Gasteiger partial charge < -0.3 is 19.7 Å². The molecule has 6 atom stereocenters. The molecule has 0 spiro atoms. The Morgan fingerprint density at radius 2 is 0.895 bits per heavy atom. The highest BCUT2D eigenvalue weighted by Gasteiger charge is 2.68. The van der Waals surface area contributed by atoms with E-state index in [9.17, 15) is 19.8 Å². The quantitative estimate of drug-likeness (QED) is 0.378. The Kier molecular flexibility index (Phi) is 5.84. The normalized spacial score (nSPS) is 48.1. The fraction of sp³-hybridized carbons (Fsp3) is 0.812. The summed E-state index contributed by atoms with van der Waals surface area (Å²) in [4.78, 5) is 27.6. The van der Waals surface area contributed by atoms with Crippen LogP contribution in [0.1, 0.15) is 120 Å². The molecule has 4 aliphatic carbocycles. The highest BCUT2D eigenvalue weighted by molar-refractivity contribution is 5.88. The number of aliphatic hydroxyl groups is 2. The molecule has 5 aliphatic rings. The second kappa shape index (κ2) is 7.96. The molecule has 0 aromatic heterocycles. The minimum atomic E-state index is -1.05. The van der Waals surface area contributed by atoms with E-state index in [-0.39, 0.29) is 10.8 Å². The van der Waals surface area contributed by atoms with E-state index in [1.807, 2.05) is 27.7 Å². The molecule has 212 valence electrons. The molecular formula is C32H48O6. The van der Waals surface area contributed by atoms with Crippen LogP contribution >= 0.6 is 0 Å². The van der Waals surface area contributed by atoms with Crippen LogP contribution in [-0.4, -0.2) is 44.6 Å². The molecule has 0 bridgehead atoms. The van der Waals surface area contributed by atoms with Crippen molar-refractivity contribution in [2.75, 3.05) is 0 Å². The molecule has 5 rings (SSSR count). The first-order chi connectivity index (χ1) is 17.3. The van der Waals surface area contributed by atoms with Crippen LogP contribution in [-0.2, 0) is 19.1 Å². The molecule has 6 nitrogen and oxygen atoms in total. The van der Waals surface area contributed by atoms with Crippen molar-refractivity contribution in [1.82, 2.24) is 0 Å². The molecule has 0 amide bonds. The molecule has 38 heavy (non-hydrogen) atoms. The smallest absolute Gasteiger partial charge is 0.331 e.